The second-order valence-corrected chi connectivity index (χ2v) is 7.90. The molecule has 0 spiro atoms. The monoisotopic (exact) mass is 446 g/mol. The molecule has 11 heteroatoms. The topological polar surface area (TPSA) is 0 Å². The molecule has 0 aromatic heterocycles. The van der Waals surface area contributed by atoms with E-state index in [1.54, 1.807) is 0 Å². The van der Waals surface area contributed by atoms with E-state index in [-0.39, 0.29) is 13.5 Å². The van der Waals surface area contributed by atoms with Crippen LogP contribution in [-0.4, -0.2) is 3.25 Å². The van der Waals surface area contributed by atoms with Gasteiger partial charge in [0.25, 0.3) is 3.25 Å². The highest BCUT2D eigenvalue weighted by Gasteiger charge is 2.11. The van der Waals surface area contributed by atoms with Gasteiger partial charge in [0, 0.05) is 5.54 Å². The van der Waals surface area contributed by atoms with E-state index in [0.29, 0.717) is 0 Å². The first-order chi connectivity index (χ1) is 6.91. The van der Waals surface area contributed by atoms with Crippen LogP contribution in [0, 0.1) is 0 Å². The van der Waals surface area contributed by atoms with Crippen LogP contribution in [-0.2, 0) is 0 Å². The number of rotatable bonds is 0. The van der Waals surface area contributed by atoms with E-state index in [4.69, 9.17) is 128 Å². The summed E-state index contributed by atoms with van der Waals surface area (Å²) < 4.78 is -1.72. The van der Waals surface area contributed by atoms with Gasteiger partial charge in [-0.3, -0.25) is 0 Å². The maximum absolute atomic E-state index is 4.99. The lowest BCUT2D eigenvalue weighted by atomic mass is 11.2. The van der Waals surface area contributed by atoms with Crippen LogP contribution in [0.5, 0.6) is 0 Å². The zero-order valence-corrected chi connectivity index (χ0v) is 15.1. The molecule has 16 heavy (non-hydrogen) atoms. The van der Waals surface area contributed by atoms with Crippen LogP contribution in [0.15, 0.2) is 19.0 Å². The molecule has 0 aliphatic heterocycles. The summed E-state index contributed by atoms with van der Waals surface area (Å²) in [6, 6.07) is 0. The standard InChI is InChI=1S/C2Cl4.C2HCl3.CCl4/c3-1(4)2(5)6;3-1-2(4)5;2-1(3,4)5/h;1H;. The van der Waals surface area contributed by atoms with Crippen molar-refractivity contribution < 1.29 is 0 Å². The fourth-order valence-electron chi connectivity index (χ4n) is 0. The number of hydrogen-bond acceptors (Lipinski definition) is 0. The van der Waals surface area contributed by atoms with Gasteiger partial charge in [0.15, 0.2) is 0 Å². The van der Waals surface area contributed by atoms with E-state index in [1.165, 1.54) is 0 Å². The van der Waals surface area contributed by atoms with Gasteiger partial charge >= 0.3 is 0 Å². The molecule has 0 heterocycles. The van der Waals surface area contributed by atoms with Crippen molar-refractivity contribution in [2.24, 2.45) is 0 Å². The summed E-state index contributed by atoms with van der Waals surface area (Å²) in [4.78, 5) is 0. The molecule has 0 rings (SSSR count). The highest BCUT2D eigenvalue weighted by molar-refractivity contribution is 6.83. The van der Waals surface area contributed by atoms with Crippen molar-refractivity contribution in [3.8, 4) is 0 Å². The average Bonchev–Trinajstić information content (AvgIpc) is 2.02. The maximum atomic E-state index is 4.99. The Morgan fingerprint density at radius 3 is 0.812 bits per heavy atom. The van der Waals surface area contributed by atoms with Crippen molar-refractivity contribution in [2.45, 2.75) is 3.25 Å². The van der Waals surface area contributed by atoms with E-state index in [1.807, 2.05) is 0 Å². The lowest BCUT2D eigenvalue weighted by molar-refractivity contribution is 1.76. The zero-order valence-electron chi connectivity index (χ0n) is 6.73. The van der Waals surface area contributed by atoms with Gasteiger partial charge in [0.05, 0.1) is 0 Å². The normalized spacial score (nSPS) is 8.94. The fraction of sp³-hybridized carbons (Fsp3) is 0.200. The molecule has 0 aliphatic rings. The van der Waals surface area contributed by atoms with Crippen LogP contribution in [0.3, 0.4) is 0 Å². The van der Waals surface area contributed by atoms with E-state index >= 15 is 0 Å². The quantitative estimate of drug-likeness (QED) is 0.327. The van der Waals surface area contributed by atoms with Gasteiger partial charge in [-0.15, -0.1) is 0 Å². The van der Waals surface area contributed by atoms with Crippen molar-refractivity contribution in [3.05, 3.63) is 19.0 Å². The first-order valence-electron chi connectivity index (χ1n) is 2.65. The summed E-state index contributed by atoms with van der Waals surface area (Å²) in [6.07, 6.45) is 0. The van der Waals surface area contributed by atoms with E-state index in [2.05, 4.69) is 0 Å². The second kappa shape index (κ2) is 14.1. The third kappa shape index (κ3) is 54.5. The highest BCUT2D eigenvalue weighted by Crippen LogP contribution is 2.29. The molecule has 0 nitrogen and oxygen atoms in total. The van der Waals surface area contributed by atoms with Crippen molar-refractivity contribution in [2.75, 3.05) is 0 Å². The maximum Gasteiger partial charge on any atom is 0.266 e. The van der Waals surface area contributed by atoms with Crippen LogP contribution in [0.1, 0.15) is 0 Å². The molecule has 0 fully saturated rings. The van der Waals surface area contributed by atoms with Gasteiger partial charge in [-0.1, -0.05) is 128 Å². The SMILES string of the molecule is ClC(Cl)(Cl)Cl.ClC(Cl)=C(Cl)Cl.ClC=C(Cl)Cl. The van der Waals surface area contributed by atoms with Gasteiger partial charge < -0.3 is 0 Å². The minimum atomic E-state index is -1.61. The summed E-state index contributed by atoms with van der Waals surface area (Å²) in [6.45, 7) is 0. The molecule has 0 N–H and O–H groups in total. The predicted octanol–water partition coefficient (Wildman–Crippen LogP) is 8.12. The molecular weight excluding hydrogens is 450 g/mol. The molecular formula is C5HCl11. The number of alkyl halides is 4. The Labute approximate surface area is 148 Å². The Hall–Kier alpha value is 2.67. The molecule has 0 saturated heterocycles. The smallest absolute Gasteiger partial charge is 0.0904 e. The second-order valence-electron chi connectivity index (χ2n) is 1.35. The van der Waals surface area contributed by atoms with Gasteiger partial charge in [-0.2, -0.15) is 0 Å². The van der Waals surface area contributed by atoms with Gasteiger partial charge in [-0.25, -0.2) is 0 Å². The first kappa shape index (κ1) is 23.7. The highest BCUT2D eigenvalue weighted by atomic mass is 35.6. The first-order valence-corrected chi connectivity index (χ1v) is 6.86. The van der Waals surface area contributed by atoms with Crippen LogP contribution >= 0.6 is 128 Å². The number of hydrogen-bond donors (Lipinski definition) is 0. The minimum Gasteiger partial charge on any atom is -0.0904 e. The van der Waals surface area contributed by atoms with Gasteiger partial charge in [-0.05, 0) is 0 Å². The Kier molecular flexibility index (Phi) is 20.9. The molecule has 0 aromatic rings. The average molecular weight is 451 g/mol. The minimum absolute atomic E-state index is 0.0895. The third-order valence-electron chi connectivity index (χ3n) is 0.225. The largest absolute Gasteiger partial charge is 0.266 e. The summed E-state index contributed by atoms with van der Waals surface area (Å²) >= 11 is 54.1. The Balaban J connectivity index is -0.000000160. The van der Waals surface area contributed by atoms with Crippen LogP contribution < -0.4 is 0 Å². The molecule has 0 saturated carbocycles. The molecule has 0 radical (unpaired) electrons. The van der Waals surface area contributed by atoms with Crippen molar-refractivity contribution in [1.29, 1.82) is 0 Å². The zero-order chi connectivity index (χ0) is 13.9. The van der Waals surface area contributed by atoms with Crippen molar-refractivity contribution in [1.82, 2.24) is 0 Å². The van der Waals surface area contributed by atoms with E-state index in [9.17, 15) is 0 Å². The Morgan fingerprint density at radius 2 is 0.812 bits per heavy atom. The molecule has 0 atom stereocenters. The van der Waals surface area contributed by atoms with Gasteiger partial charge in [0.1, 0.15) is 13.5 Å². The molecule has 0 aliphatic carbocycles. The van der Waals surface area contributed by atoms with Crippen molar-refractivity contribution >= 4 is 128 Å². The van der Waals surface area contributed by atoms with Crippen LogP contribution in [0.25, 0.3) is 0 Å². The van der Waals surface area contributed by atoms with E-state index < -0.39 is 3.25 Å². The van der Waals surface area contributed by atoms with E-state index in [0.717, 1.165) is 5.54 Å². The predicted molar refractivity (Wildman–Crippen MR) is 82.2 cm³/mol. The lowest BCUT2D eigenvalue weighted by Gasteiger charge is -1.91. The molecule has 0 bridgehead atoms. The fourth-order valence-corrected chi connectivity index (χ4v) is 0. The molecule has 0 amide bonds. The lowest BCUT2D eigenvalue weighted by Crippen LogP contribution is -1.81. The Bertz CT molecular complexity index is 195. The van der Waals surface area contributed by atoms with Gasteiger partial charge in [0.2, 0.25) is 0 Å². The molecule has 0 unspecified atom stereocenters. The summed E-state index contributed by atoms with van der Waals surface area (Å²) in [7, 11) is 0. The number of halogens is 11. The third-order valence-corrected chi connectivity index (χ3v) is 2.03. The summed E-state index contributed by atoms with van der Waals surface area (Å²) in [5, 5.41) is 0. The van der Waals surface area contributed by atoms with Crippen molar-refractivity contribution in [3.63, 3.8) is 0 Å². The summed E-state index contributed by atoms with van der Waals surface area (Å²) in [5.74, 6) is 0. The van der Waals surface area contributed by atoms with Crippen LogP contribution in [0.4, 0.5) is 0 Å². The Morgan fingerprint density at radius 1 is 0.688 bits per heavy atom. The molecule has 0 aromatic carbocycles. The molecule has 98 valence electrons. The van der Waals surface area contributed by atoms with Crippen LogP contribution in [0.2, 0.25) is 0 Å². The summed E-state index contributed by atoms with van der Waals surface area (Å²) in [5.41, 5.74) is 1.09.